The van der Waals surface area contributed by atoms with Gasteiger partial charge < -0.3 is 15.2 Å². The molecule has 5 nitrogen and oxygen atoms in total. The van der Waals surface area contributed by atoms with Crippen LogP contribution in [0.25, 0.3) is 0 Å². The van der Waals surface area contributed by atoms with E-state index in [2.05, 4.69) is 10.6 Å². The van der Waals surface area contributed by atoms with Gasteiger partial charge in [0.1, 0.15) is 18.5 Å². The molecule has 1 heterocycles. The number of halogens is 2. The smallest absolute Gasteiger partial charge is 0.319 e. The minimum atomic E-state index is -1.03. The van der Waals surface area contributed by atoms with Crippen molar-refractivity contribution < 1.29 is 23.4 Å². The molecule has 0 bridgehead atoms. The molecule has 8 heteroatoms. The number of aliphatic hydroxyl groups excluding tert-OH is 1. The highest BCUT2D eigenvalue weighted by Gasteiger charge is 2.10. The molecule has 1 atom stereocenters. The summed E-state index contributed by atoms with van der Waals surface area (Å²) >= 11 is 1.44. The van der Waals surface area contributed by atoms with Crippen molar-refractivity contribution in [2.75, 3.05) is 18.5 Å². The van der Waals surface area contributed by atoms with Crippen molar-refractivity contribution in [3.8, 4) is 5.75 Å². The molecule has 0 saturated heterocycles. The largest absolute Gasteiger partial charge is 0.491 e. The van der Waals surface area contributed by atoms with E-state index in [1.165, 1.54) is 17.4 Å². The number of anilines is 1. The Kier molecular flexibility index (Phi) is 5.89. The van der Waals surface area contributed by atoms with Crippen molar-refractivity contribution in [3.05, 3.63) is 46.8 Å². The Labute approximate surface area is 135 Å². The Hall–Kier alpha value is -2.19. The van der Waals surface area contributed by atoms with Crippen LogP contribution in [-0.4, -0.2) is 30.4 Å². The van der Waals surface area contributed by atoms with E-state index in [4.69, 9.17) is 4.74 Å². The summed E-state index contributed by atoms with van der Waals surface area (Å²) in [6.07, 6.45) is -0.987. The first-order valence-electron chi connectivity index (χ1n) is 6.81. The fraction of sp³-hybridized carbons (Fsp3) is 0.267. The van der Waals surface area contributed by atoms with Gasteiger partial charge in [-0.05, 0) is 31.2 Å². The predicted octanol–water partition coefficient (Wildman–Crippen LogP) is 2.90. The molecule has 0 aliphatic rings. The number of hydrogen-bond donors (Lipinski definition) is 3. The molecule has 124 valence electrons. The molecular weight excluding hydrogens is 326 g/mol. The second kappa shape index (κ2) is 7.89. The minimum absolute atomic E-state index is 0.0418. The van der Waals surface area contributed by atoms with Crippen LogP contribution in [-0.2, 0) is 0 Å². The van der Waals surface area contributed by atoms with Gasteiger partial charge >= 0.3 is 6.03 Å². The van der Waals surface area contributed by atoms with E-state index in [1.807, 2.05) is 13.0 Å². The van der Waals surface area contributed by atoms with E-state index in [0.29, 0.717) is 5.00 Å². The summed E-state index contributed by atoms with van der Waals surface area (Å²) in [4.78, 5) is 12.7. The highest BCUT2D eigenvalue weighted by molar-refractivity contribution is 7.16. The molecule has 2 aromatic rings. The number of ether oxygens (including phenoxy) is 1. The van der Waals surface area contributed by atoms with Gasteiger partial charge in [-0.25, -0.2) is 13.6 Å². The summed E-state index contributed by atoms with van der Waals surface area (Å²) in [6.45, 7) is 1.72. The van der Waals surface area contributed by atoms with E-state index >= 15 is 0 Å². The lowest BCUT2D eigenvalue weighted by Crippen LogP contribution is -2.37. The Morgan fingerprint density at radius 1 is 1.30 bits per heavy atom. The monoisotopic (exact) mass is 342 g/mol. The molecule has 1 aromatic heterocycles. The molecule has 23 heavy (non-hydrogen) atoms. The minimum Gasteiger partial charge on any atom is -0.491 e. The number of hydrogen-bond acceptors (Lipinski definition) is 4. The molecular formula is C15H16F2N2O3S. The van der Waals surface area contributed by atoms with E-state index in [0.717, 1.165) is 17.0 Å². The Bertz CT molecular complexity index is 678. The van der Waals surface area contributed by atoms with Crippen molar-refractivity contribution in [2.45, 2.75) is 13.0 Å². The summed E-state index contributed by atoms with van der Waals surface area (Å²) in [5, 5.41) is 15.5. The molecule has 0 fully saturated rings. The van der Waals surface area contributed by atoms with Crippen LogP contribution < -0.4 is 15.4 Å². The van der Waals surface area contributed by atoms with Gasteiger partial charge in [0.25, 0.3) is 0 Å². The van der Waals surface area contributed by atoms with Crippen LogP contribution in [0.15, 0.2) is 30.3 Å². The Balaban J connectivity index is 1.71. The normalized spacial score (nSPS) is 11.8. The Morgan fingerprint density at radius 3 is 2.74 bits per heavy atom. The van der Waals surface area contributed by atoms with E-state index < -0.39 is 23.8 Å². The third-order valence-corrected chi connectivity index (χ3v) is 3.72. The highest BCUT2D eigenvalue weighted by Crippen LogP contribution is 2.20. The van der Waals surface area contributed by atoms with Gasteiger partial charge in [0.15, 0.2) is 11.6 Å². The zero-order valence-corrected chi connectivity index (χ0v) is 13.1. The fourth-order valence-electron chi connectivity index (χ4n) is 1.69. The number of benzene rings is 1. The van der Waals surface area contributed by atoms with Crippen LogP contribution in [0.1, 0.15) is 4.88 Å². The zero-order chi connectivity index (χ0) is 16.8. The quantitative estimate of drug-likeness (QED) is 0.756. The first-order valence-corrected chi connectivity index (χ1v) is 7.63. The van der Waals surface area contributed by atoms with Gasteiger partial charge in [-0.3, -0.25) is 5.32 Å². The molecule has 0 saturated carbocycles. The standard InChI is InChI=1S/C15H16F2N2O3S/c1-9-2-5-14(23-9)19-15(21)18-7-10(20)8-22-11-3-4-12(16)13(17)6-11/h2-6,10,20H,7-8H2,1H3,(H2,18,19,21). The average Bonchev–Trinajstić information content (AvgIpc) is 2.91. The van der Waals surface area contributed by atoms with Crippen molar-refractivity contribution in [3.63, 3.8) is 0 Å². The maximum absolute atomic E-state index is 13.0. The van der Waals surface area contributed by atoms with Crippen LogP contribution >= 0.6 is 11.3 Å². The Morgan fingerprint density at radius 2 is 2.09 bits per heavy atom. The maximum Gasteiger partial charge on any atom is 0.319 e. The lowest BCUT2D eigenvalue weighted by molar-refractivity contribution is 0.108. The topological polar surface area (TPSA) is 70.6 Å². The molecule has 1 aromatic carbocycles. The molecule has 2 amide bonds. The molecule has 0 spiro atoms. The zero-order valence-electron chi connectivity index (χ0n) is 12.3. The highest BCUT2D eigenvalue weighted by atomic mass is 32.1. The summed E-state index contributed by atoms with van der Waals surface area (Å²) in [6, 6.07) is 6.29. The second-order valence-corrected chi connectivity index (χ2v) is 6.07. The van der Waals surface area contributed by atoms with Gasteiger partial charge in [0.05, 0.1) is 5.00 Å². The fourth-order valence-corrected chi connectivity index (χ4v) is 2.45. The van der Waals surface area contributed by atoms with Crippen LogP contribution in [0.5, 0.6) is 5.75 Å². The van der Waals surface area contributed by atoms with Crippen molar-refractivity contribution in [1.29, 1.82) is 0 Å². The summed E-state index contributed by atoms with van der Waals surface area (Å²) < 4.78 is 30.9. The van der Waals surface area contributed by atoms with Crippen molar-refractivity contribution in [1.82, 2.24) is 5.32 Å². The van der Waals surface area contributed by atoms with Crippen LogP contribution in [0.4, 0.5) is 18.6 Å². The van der Waals surface area contributed by atoms with Gasteiger partial charge in [-0.2, -0.15) is 0 Å². The number of aliphatic hydroxyl groups is 1. The van der Waals surface area contributed by atoms with Gasteiger partial charge in [-0.1, -0.05) is 0 Å². The SMILES string of the molecule is Cc1ccc(NC(=O)NCC(O)COc2ccc(F)c(F)c2)s1. The van der Waals surface area contributed by atoms with Crippen LogP contribution in [0.3, 0.4) is 0 Å². The van der Waals surface area contributed by atoms with Crippen molar-refractivity contribution >= 4 is 22.4 Å². The third kappa shape index (κ3) is 5.50. The molecule has 0 aliphatic carbocycles. The molecule has 0 radical (unpaired) electrons. The number of urea groups is 1. The van der Waals surface area contributed by atoms with Gasteiger partial charge in [0, 0.05) is 17.5 Å². The number of thiophene rings is 1. The number of amides is 2. The predicted molar refractivity (Wildman–Crippen MR) is 83.9 cm³/mol. The van der Waals surface area contributed by atoms with Crippen LogP contribution in [0, 0.1) is 18.6 Å². The molecule has 1 unspecified atom stereocenters. The van der Waals surface area contributed by atoms with E-state index in [1.54, 1.807) is 6.07 Å². The maximum atomic E-state index is 13.0. The number of carbonyl (C=O) groups excluding carboxylic acids is 1. The van der Waals surface area contributed by atoms with Gasteiger partial charge in [0.2, 0.25) is 0 Å². The lowest BCUT2D eigenvalue weighted by atomic mass is 10.3. The average molecular weight is 342 g/mol. The number of aryl methyl sites for hydroxylation is 1. The summed E-state index contributed by atoms with van der Waals surface area (Å²) in [5.74, 6) is -1.90. The van der Waals surface area contributed by atoms with Gasteiger partial charge in [-0.15, -0.1) is 11.3 Å². The molecule has 2 rings (SSSR count). The lowest BCUT2D eigenvalue weighted by Gasteiger charge is -2.13. The summed E-state index contributed by atoms with van der Waals surface area (Å²) in [7, 11) is 0. The molecule has 3 N–H and O–H groups in total. The first-order chi connectivity index (χ1) is 10.9. The number of nitrogens with one attached hydrogen (secondary N) is 2. The van der Waals surface area contributed by atoms with Crippen LogP contribution in [0.2, 0.25) is 0 Å². The first kappa shape index (κ1) is 17.2. The van der Waals surface area contributed by atoms with Crippen molar-refractivity contribution in [2.24, 2.45) is 0 Å². The second-order valence-electron chi connectivity index (χ2n) is 4.79. The van der Waals surface area contributed by atoms with E-state index in [9.17, 15) is 18.7 Å². The number of rotatable bonds is 6. The third-order valence-electron chi connectivity index (χ3n) is 2.81. The number of carbonyl (C=O) groups is 1. The van der Waals surface area contributed by atoms with E-state index in [-0.39, 0.29) is 18.9 Å². The molecule has 0 aliphatic heterocycles. The summed E-state index contributed by atoms with van der Waals surface area (Å²) in [5.41, 5.74) is 0.